The maximum absolute atomic E-state index is 11.0. The standard InChI is InChI=1S/C25H20BrNO2/c1-29-21-12-9-17(10-13-21)16-27-24(19-6-4-7-20(26)15-19)23-14-11-18-5-2-3-8-22(18)25(23)28/h2-16,24,28H,1H3. The Hall–Kier alpha value is -3.11. The van der Waals surface area contributed by atoms with Gasteiger partial charge >= 0.3 is 0 Å². The Kier molecular flexibility index (Phi) is 5.63. The first kappa shape index (κ1) is 19.2. The van der Waals surface area contributed by atoms with E-state index >= 15 is 0 Å². The molecule has 1 atom stereocenters. The van der Waals surface area contributed by atoms with Crippen molar-refractivity contribution in [2.45, 2.75) is 6.04 Å². The molecular weight excluding hydrogens is 426 g/mol. The third-order valence-electron chi connectivity index (χ3n) is 4.88. The molecule has 0 fully saturated rings. The van der Waals surface area contributed by atoms with Crippen LogP contribution in [0.3, 0.4) is 0 Å². The smallest absolute Gasteiger partial charge is 0.129 e. The van der Waals surface area contributed by atoms with E-state index in [1.807, 2.05) is 91.1 Å². The number of phenols is 1. The van der Waals surface area contributed by atoms with E-state index in [1.165, 1.54) is 0 Å². The summed E-state index contributed by atoms with van der Waals surface area (Å²) in [6, 6.07) is 27.2. The Morgan fingerprint density at radius 2 is 1.72 bits per heavy atom. The molecule has 0 aliphatic rings. The quantitative estimate of drug-likeness (QED) is 0.355. The van der Waals surface area contributed by atoms with Crippen molar-refractivity contribution < 1.29 is 9.84 Å². The van der Waals surface area contributed by atoms with E-state index in [0.29, 0.717) is 0 Å². The molecule has 4 heteroatoms. The molecule has 0 aliphatic carbocycles. The molecule has 4 aromatic carbocycles. The van der Waals surface area contributed by atoms with Crippen LogP contribution in [-0.4, -0.2) is 18.4 Å². The molecular formula is C25H20BrNO2. The second-order valence-electron chi connectivity index (χ2n) is 6.73. The van der Waals surface area contributed by atoms with E-state index < -0.39 is 0 Å². The third-order valence-corrected chi connectivity index (χ3v) is 5.37. The van der Waals surface area contributed by atoms with E-state index in [2.05, 4.69) is 15.9 Å². The largest absolute Gasteiger partial charge is 0.507 e. The number of hydrogen-bond donors (Lipinski definition) is 1. The lowest BCUT2D eigenvalue weighted by Crippen LogP contribution is -2.00. The number of hydrogen-bond acceptors (Lipinski definition) is 3. The van der Waals surface area contributed by atoms with Crippen LogP contribution in [0, 0.1) is 0 Å². The molecule has 4 rings (SSSR count). The number of fused-ring (bicyclic) bond motifs is 1. The van der Waals surface area contributed by atoms with Crippen molar-refractivity contribution in [2.24, 2.45) is 4.99 Å². The van der Waals surface area contributed by atoms with E-state index in [-0.39, 0.29) is 11.8 Å². The summed E-state index contributed by atoms with van der Waals surface area (Å²) in [4.78, 5) is 4.85. The second kappa shape index (κ2) is 8.50. The van der Waals surface area contributed by atoms with Gasteiger partial charge in [-0.25, -0.2) is 0 Å². The van der Waals surface area contributed by atoms with Gasteiger partial charge in [0.05, 0.1) is 7.11 Å². The molecule has 3 nitrogen and oxygen atoms in total. The monoisotopic (exact) mass is 445 g/mol. The lowest BCUT2D eigenvalue weighted by atomic mass is 9.95. The summed E-state index contributed by atoms with van der Waals surface area (Å²) in [6.45, 7) is 0. The average Bonchev–Trinajstić information content (AvgIpc) is 2.76. The summed E-state index contributed by atoms with van der Waals surface area (Å²) < 4.78 is 6.19. The predicted octanol–water partition coefficient (Wildman–Crippen LogP) is 6.53. The number of benzene rings is 4. The maximum atomic E-state index is 11.0. The van der Waals surface area contributed by atoms with Gasteiger partial charge < -0.3 is 9.84 Å². The molecule has 0 heterocycles. The summed E-state index contributed by atoms with van der Waals surface area (Å²) >= 11 is 3.54. The fourth-order valence-electron chi connectivity index (χ4n) is 3.37. The topological polar surface area (TPSA) is 41.8 Å². The molecule has 144 valence electrons. The van der Waals surface area contributed by atoms with Crippen molar-refractivity contribution in [3.63, 3.8) is 0 Å². The van der Waals surface area contributed by atoms with Crippen LogP contribution in [0.1, 0.15) is 22.7 Å². The Morgan fingerprint density at radius 1 is 0.931 bits per heavy atom. The molecule has 29 heavy (non-hydrogen) atoms. The summed E-state index contributed by atoms with van der Waals surface area (Å²) in [7, 11) is 1.65. The fourth-order valence-corrected chi connectivity index (χ4v) is 3.78. The number of halogens is 1. The highest BCUT2D eigenvalue weighted by molar-refractivity contribution is 9.10. The summed E-state index contributed by atoms with van der Waals surface area (Å²) in [5, 5.41) is 12.8. The lowest BCUT2D eigenvalue weighted by Gasteiger charge is -2.17. The fraction of sp³-hybridized carbons (Fsp3) is 0.0800. The van der Waals surface area contributed by atoms with Gasteiger partial charge in [0.1, 0.15) is 17.5 Å². The van der Waals surface area contributed by atoms with Gasteiger partial charge in [0.25, 0.3) is 0 Å². The highest BCUT2D eigenvalue weighted by Gasteiger charge is 2.18. The average molecular weight is 446 g/mol. The zero-order valence-electron chi connectivity index (χ0n) is 15.9. The van der Waals surface area contributed by atoms with Crippen LogP contribution in [0.25, 0.3) is 10.8 Å². The summed E-state index contributed by atoms with van der Waals surface area (Å²) in [5.74, 6) is 1.07. The zero-order valence-corrected chi connectivity index (χ0v) is 17.5. The van der Waals surface area contributed by atoms with Gasteiger partial charge in [0, 0.05) is 21.6 Å². The minimum absolute atomic E-state index is 0.264. The normalized spacial score (nSPS) is 12.3. The lowest BCUT2D eigenvalue weighted by molar-refractivity contribution is 0.415. The van der Waals surface area contributed by atoms with Crippen molar-refractivity contribution in [1.29, 1.82) is 0 Å². The van der Waals surface area contributed by atoms with Crippen LogP contribution in [0.4, 0.5) is 0 Å². The van der Waals surface area contributed by atoms with Gasteiger partial charge in [-0.2, -0.15) is 0 Å². The molecule has 4 aromatic rings. The van der Waals surface area contributed by atoms with Crippen molar-refractivity contribution in [3.8, 4) is 11.5 Å². The maximum Gasteiger partial charge on any atom is 0.129 e. The predicted molar refractivity (Wildman–Crippen MR) is 122 cm³/mol. The van der Waals surface area contributed by atoms with E-state index in [4.69, 9.17) is 9.73 Å². The van der Waals surface area contributed by atoms with Gasteiger partial charge in [-0.15, -0.1) is 0 Å². The first-order valence-corrected chi connectivity index (χ1v) is 10.1. The van der Waals surface area contributed by atoms with Crippen LogP contribution in [0.15, 0.2) is 94.4 Å². The molecule has 0 amide bonds. The number of aromatic hydroxyl groups is 1. The molecule has 0 aromatic heterocycles. The van der Waals surface area contributed by atoms with E-state index in [0.717, 1.165) is 37.7 Å². The summed E-state index contributed by atoms with van der Waals surface area (Å²) in [5.41, 5.74) is 2.73. The van der Waals surface area contributed by atoms with E-state index in [9.17, 15) is 5.11 Å². The molecule has 1 unspecified atom stereocenters. The van der Waals surface area contributed by atoms with Gasteiger partial charge in [-0.05, 0) is 52.9 Å². The molecule has 0 bridgehead atoms. The minimum Gasteiger partial charge on any atom is -0.507 e. The molecule has 1 N–H and O–H groups in total. The number of nitrogens with zero attached hydrogens (tertiary/aromatic N) is 1. The van der Waals surface area contributed by atoms with Crippen LogP contribution in [0.2, 0.25) is 0 Å². The van der Waals surface area contributed by atoms with Gasteiger partial charge in [-0.3, -0.25) is 4.99 Å². The Labute approximate surface area is 178 Å². The Balaban J connectivity index is 1.80. The molecule has 0 saturated heterocycles. The van der Waals surface area contributed by atoms with Crippen molar-refractivity contribution in [2.75, 3.05) is 7.11 Å². The minimum atomic E-state index is -0.334. The highest BCUT2D eigenvalue weighted by Crippen LogP contribution is 2.38. The van der Waals surface area contributed by atoms with Crippen molar-refractivity contribution in [1.82, 2.24) is 0 Å². The SMILES string of the molecule is COc1ccc(C=NC(c2cccc(Br)c2)c2ccc3ccccc3c2O)cc1. The van der Waals surface area contributed by atoms with E-state index in [1.54, 1.807) is 7.11 Å². The van der Waals surface area contributed by atoms with Crippen molar-refractivity contribution >= 4 is 32.9 Å². The highest BCUT2D eigenvalue weighted by atomic mass is 79.9. The first-order chi connectivity index (χ1) is 14.2. The van der Waals surface area contributed by atoms with Gasteiger partial charge in [-0.1, -0.05) is 64.5 Å². The molecule has 0 aliphatic heterocycles. The molecule has 0 spiro atoms. The Morgan fingerprint density at radius 3 is 2.48 bits per heavy atom. The molecule has 0 saturated carbocycles. The number of methoxy groups -OCH3 is 1. The Bertz CT molecular complexity index is 1170. The summed E-state index contributed by atoms with van der Waals surface area (Å²) in [6.07, 6.45) is 1.83. The van der Waals surface area contributed by atoms with Gasteiger partial charge in [0.2, 0.25) is 0 Å². The number of phenolic OH excluding ortho intramolecular Hbond substituents is 1. The third kappa shape index (κ3) is 4.17. The van der Waals surface area contributed by atoms with Crippen LogP contribution in [-0.2, 0) is 0 Å². The molecule has 0 radical (unpaired) electrons. The van der Waals surface area contributed by atoms with Crippen LogP contribution >= 0.6 is 15.9 Å². The number of aliphatic imine (C=N–C) groups is 1. The van der Waals surface area contributed by atoms with Crippen LogP contribution in [0.5, 0.6) is 11.5 Å². The number of ether oxygens (including phenoxy) is 1. The van der Waals surface area contributed by atoms with Gasteiger partial charge in [0.15, 0.2) is 0 Å². The first-order valence-electron chi connectivity index (χ1n) is 9.29. The second-order valence-corrected chi connectivity index (χ2v) is 7.65. The zero-order chi connectivity index (χ0) is 20.2. The van der Waals surface area contributed by atoms with Crippen LogP contribution < -0.4 is 4.74 Å². The number of rotatable bonds is 5. The van der Waals surface area contributed by atoms with Crippen molar-refractivity contribution in [3.05, 3.63) is 106 Å².